The Kier molecular flexibility index (Phi) is 6.99. The van der Waals surface area contributed by atoms with Crippen LogP contribution in [-0.2, 0) is 32.4 Å². The van der Waals surface area contributed by atoms with E-state index in [-0.39, 0.29) is 0 Å². The fourth-order valence-corrected chi connectivity index (χ4v) is 6.17. The van der Waals surface area contributed by atoms with Gasteiger partial charge < -0.3 is 14.2 Å². The van der Waals surface area contributed by atoms with E-state index in [2.05, 4.69) is 11.6 Å². The summed E-state index contributed by atoms with van der Waals surface area (Å²) >= 11 is 1.25. The van der Waals surface area contributed by atoms with Gasteiger partial charge in [-0.25, -0.2) is 8.42 Å². The summed E-state index contributed by atoms with van der Waals surface area (Å²) in [6.45, 7) is 4.60. The monoisotopic (exact) mass is 499 g/mol. The van der Waals surface area contributed by atoms with Crippen molar-refractivity contribution in [3.8, 4) is 5.75 Å². The summed E-state index contributed by atoms with van der Waals surface area (Å²) in [4.78, 5) is 31.3. The maximum Gasteiger partial charge on any atom is 0.263 e. The molecule has 1 aliphatic heterocycles. The van der Waals surface area contributed by atoms with Crippen molar-refractivity contribution < 1.29 is 22.7 Å². The van der Waals surface area contributed by atoms with Crippen LogP contribution in [0.5, 0.6) is 5.75 Å². The Morgan fingerprint density at radius 3 is 2.76 bits per heavy atom. The van der Waals surface area contributed by atoms with Crippen LogP contribution in [-0.4, -0.2) is 50.0 Å². The van der Waals surface area contributed by atoms with Crippen molar-refractivity contribution in [1.29, 1.82) is 0 Å². The van der Waals surface area contributed by atoms with Crippen LogP contribution < -0.4 is 14.4 Å². The molecule has 0 spiro atoms. The Balaban J connectivity index is 1.54. The molecule has 8 nitrogen and oxygen atoms in total. The lowest BCUT2D eigenvalue weighted by Gasteiger charge is -2.29. The molecule has 2 heterocycles. The van der Waals surface area contributed by atoms with Crippen molar-refractivity contribution in [2.45, 2.75) is 19.4 Å². The van der Waals surface area contributed by atoms with Crippen molar-refractivity contribution in [3.63, 3.8) is 0 Å². The quantitative estimate of drug-likeness (QED) is 0.466. The number of aromatic nitrogens is 1. The van der Waals surface area contributed by atoms with Crippen molar-refractivity contribution in [3.05, 3.63) is 65.5 Å². The minimum Gasteiger partial charge on any atom is -0.497 e. The van der Waals surface area contributed by atoms with E-state index in [1.807, 2.05) is 36.4 Å². The van der Waals surface area contributed by atoms with Gasteiger partial charge in [-0.15, -0.1) is 6.58 Å². The number of anilines is 1. The van der Waals surface area contributed by atoms with Crippen LogP contribution in [0, 0.1) is 0 Å². The fraction of sp³-hybridized carbons (Fsp3) is 0.292. The summed E-state index contributed by atoms with van der Waals surface area (Å²) in [7, 11) is -2.43. The van der Waals surface area contributed by atoms with Crippen molar-refractivity contribution in [2.75, 3.05) is 30.1 Å². The Labute approximate surface area is 201 Å². The number of allylic oxidation sites excluding steroid dienone is 1. The summed E-state index contributed by atoms with van der Waals surface area (Å²) in [6, 6.07) is 12.9. The van der Waals surface area contributed by atoms with Crippen LogP contribution >= 0.6 is 11.3 Å². The summed E-state index contributed by atoms with van der Waals surface area (Å²) in [5.74, 6) is -2.25. The number of carbonyl (C=O) groups excluding carboxylic acids is 2. The predicted octanol–water partition coefficient (Wildman–Crippen LogP) is 2.72. The average Bonchev–Trinajstić information content (AvgIpc) is 3.13. The predicted molar refractivity (Wildman–Crippen MR) is 133 cm³/mol. The summed E-state index contributed by atoms with van der Waals surface area (Å²) < 4.78 is 33.3. The van der Waals surface area contributed by atoms with Crippen LogP contribution in [0.1, 0.15) is 12.0 Å². The van der Waals surface area contributed by atoms with Crippen LogP contribution in [0.4, 0.5) is 5.69 Å². The normalized spacial score (nSPS) is 14.1. The van der Waals surface area contributed by atoms with Crippen LogP contribution in [0.3, 0.4) is 0 Å². The molecular formula is C24H25N3O5S2. The lowest BCUT2D eigenvalue weighted by molar-refractivity contribution is -0.116. The van der Waals surface area contributed by atoms with E-state index >= 15 is 0 Å². The third-order valence-corrected chi connectivity index (χ3v) is 7.93. The molecule has 0 saturated carbocycles. The van der Waals surface area contributed by atoms with Crippen LogP contribution in [0.15, 0.2) is 60.1 Å². The minimum absolute atomic E-state index is 0.361. The number of aryl methyl sites for hydroxylation is 1. The first-order valence-electron chi connectivity index (χ1n) is 10.8. The fourth-order valence-electron chi connectivity index (χ4n) is 4.01. The van der Waals surface area contributed by atoms with Gasteiger partial charge in [0.1, 0.15) is 17.3 Å². The molecule has 0 radical (unpaired) electrons. The lowest BCUT2D eigenvalue weighted by atomic mass is 10.0. The number of nitrogens with zero attached hydrogens (tertiary/aromatic N) is 3. The van der Waals surface area contributed by atoms with Gasteiger partial charge in [-0.05, 0) is 42.7 Å². The molecule has 4 rings (SSSR count). The second-order valence-corrected chi connectivity index (χ2v) is 11.0. The summed E-state index contributed by atoms with van der Waals surface area (Å²) in [5.41, 5.74) is 2.58. The number of hydrogen-bond donors (Lipinski definition) is 0. The Bertz CT molecular complexity index is 1440. The van der Waals surface area contributed by atoms with Crippen molar-refractivity contribution in [1.82, 2.24) is 4.57 Å². The zero-order valence-electron chi connectivity index (χ0n) is 18.8. The van der Waals surface area contributed by atoms with E-state index in [1.54, 1.807) is 23.8 Å². The van der Waals surface area contributed by atoms with E-state index in [4.69, 9.17) is 4.74 Å². The van der Waals surface area contributed by atoms with Gasteiger partial charge in [0.15, 0.2) is 14.6 Å². The topological polar surface area (TPSA) is 98.0 Å². The zero-order chi connectivity index (χ0) is 24.3. The van der Waals surface area contributed by atoms with Crippen LogP contribution in [0.2, 0.25) is 0 Å². The van der Waals surface area contributed by atoms with Gasteiger partial charge in [0.2, 0.25) is 5.91 Å². The smallest absolute Gasteiger partial charge is 0.263 e. The highest BCUT2D eigenvalue weighted by Gasteiger charge is 2.28. The van der Waals surface area contributed by atoms with Gasteiger partial charge in [-0.2, -0.15) is 4.99 Å². The SMILES string of the molecule is C=CCn1c(=NC(=O)CS(=O)(=O)CC(=O)N2CCCc3ccccc32)sc2cc(OC)ccc21. The van der Waals surface area contributed by atoms with Gasteiger partial charge in [-0.3, -0.25) is 9.59 Å². The number of hydrogen-bond acceptors (Lipinski definition) is 6. The molecule has 0 bridgehead atoms. The van der Waals surface area contributed by atoms with Crippen molar-refractivity contribution in [2.24, 2.45) is 4.99 Å². The molecule has 0 saturated heterocycles. The molecule has 1 aliphatic rings. The van der Waals surface area contributed by atoms with E-state index in [0.717, 1.165) is 34.3 Å². The Morgan fingerprint density at radius 1 is 1.21 bits per heavy atom. The van der Waals surface area contributed by atoms with Crippen LogP contribution in [0.25, 0.3) is 10.2 Å². The Morgan fingerprint density at radius 2 is 2.00 bits per heavy atom. The minimum atomic E-state index is -4.00. The summed E-state index contributed by atoms with van der Waals surface area (Å²) in [6.07, 6.45) is 3.28. The number of sulfone groups is 1. The van der Waals surface area contributed by atoms with E-state index in [9.17, 15) is 18.0 Å². The molecule has 0 atom stereocenters. The van der Waals surface area contributed by atoms with E-state index in [1.165, 1.54) is 16.2 Å². The highest BCUT2D eigenvalue weighted by molar-refractivity contribution is 7.92. The molecule has 34 heavy (non-hydrogen) atoms. The van der Waals surface area contributed by atoms with Gasteiger partial charge >= 0.3 is 0 Å². The number of methoxy groups -OCH3 is 1. The zero-order valence-corrected chi connectivity index (χ0v) is 20.4. The molecule has 0 aliphatic carbocycles. The highest BCUT2D eigenvalue weighted by Crippen LogP contribution is 2.27. The molecule has 178 valence electrons. The third-order valence-electron chi connectivity index (χ3n) is 5.52. The third kappa shape index (κ3) is 5.13. The number of para-hydroxylation sites is 1. The molecule has 10 heteroatoms. The second kappa shape index (κ2) is 9.94. The molecular weight excluding hydrogens is 474 g/mol. The molecule has 2 aromatic carbocycles. The molecule has 1 aromatic heterocycles. The standard InChI is InChI=1S/C24H25N3O5S2/c1-3-12-27-20-11-10-18(32-2)14-21(20)33-24(27)25-22(28)15-34(30,31)16-23(29)26-13-6-8-17-7-4-5-9-19(17)26/h3-5,7,9-11,14H,1,6,8,12-13,15-16H2,2H3. The van der Waals surface area contributed by atoms with Gasteiger partial charge in [0.05, 0.1) is 17.3 Å². The number of fused-ring (bicyclic) bond motifs is 2. The first kappa shape index (κ1) is 23.9. The van der Waals surface area contributed by atoms with Gasteiger partial charge in [-0.1, -0.05) is 35.6 Å². The molecule has 2 amide bonds. The lowest BCUT2D eigenvalue weighted by Crippen LogP contribution is -2.40. The van der Waals surface area contributed by atoms with Gasteiger partial charge in [0, 0.05) is 18.8 Å². The van der Waals surface area contributed by atoms with E-state index in [0.29, 0.717) is 23.6 Å². The highest BCUT2D eigenvalue weighted by atomic mass is 32.2. The number of benzene rings is 2. The first-order chi connectivity index (χ1) is 16.3. The first-order valence-corrected chi connectivity index (χ1v) is 13.4. The molecule has 0 N–H and O–H groups in total. The van der Waals surface area contributed by atoms with E-state index < -0.39 is 33.2 Å². The molecule has 0 fully saturated rings. The number of carbonyl (C=O) groups is 2. The number of thiazole rings is 1. The molecule has 3 aromatic rings. The largest absolute Gasteiger partial charge is 0.497 e. The molecule has 0 unspecified atom stereocenters. The maximum absolute atomic E-state index is 12.8. The Hall–Kier alpha value is -3.24. The van der Waals surface area contributed by atoms with Gasteiger partial charge in [0.25, 0.3) is 5.91 Å². The number of ether oxygens (including phenoxy) is 1. The number of rotatable bonds is 7. The average molecular weight is 500 g/mol. The van der Waals surface area contributed by atoms with Crippen molar-refractivity contribution >= 4 is 48.9 Å². The second-order valence-electron chi connectivity index (χ2n) is 7.93. The maximum atomic E-state index is 12.8. The summed E-state index contributed by atoms with van der Waals surface area (Å²) in [5, 5.41) is 0. The number of amides is 2.